The van der Waals surface area contributed by atoms with Crippen molar-refractivity contribution in [1.29, 1.82) is 0 Å². The number of likely N-dealkylation sites (N-methyl/N-ethyl adjacent to an activating group) is 1. The number of rotatable bonds is 4. The third-order valence-corrected chi connectivity index (χ3v) is 4.05. The van der Waals surface area contributed by atoms with Crippen LogP contribution in [0.2, 0.25) is 0 Å². The Morgan fingerprint density at radius 1 is 1.40 bits per heavy atom. The fraction of sp³-hybridized carbons (Fsp3) is 0.857. The Labute approximate surface area is 120 Å². The predicted octanol–water partition coefficient (Wildman–Crippen LogP) is 1.24. The molecule has 2 amide bonds. The van der Waals surface area contributed by atoms with Crippen molar-refractivity contribution in [3.8, 4) is 0 Å². The zero-order chi connectivity index (χ0) is 15.7. The van der Waals surface area contributed by atoms with E-state index in [0.29, 0.717) is 13.0 Å². The van der Waals surface area contributed by atoms with Crippen molar-refractivity contribution in [2.45, 2.75) is 39.7 Å². The van der Waals surface area contributed by atoms with Gasteiger partial charge in [0.05, 0.1) is 17.6 Å². The average molecular weight is 286 g/mol. The molecule has 1 rings (SSSR count). The highest BCUT2D eigenvalue weighted by Crippen LogP contribution is 2.38. The van der Waals surface area contributed by atoms with Gasteiger partial charge in [-0.25, -0.2) is 4.79 Å². The summed E-state index contributed by atoms with van der Waals surface area (Å²) in [4.78, 5) is 26.9. The van der Waals surface area contributed by atoms with E-state index in [2.05, 4.69) is 0 Å². The molecular weight excluding hydrogens is 260 g/mol. The molecule has 1 saturated heterocycles. The van der Waals surface area contributed by atoms with Crippen molar-refractivity contribution >= 4 is 12.0 Å². The topological polar surface area (TPSA) is 81.1 Å². The van der Waals surface area contributed by atoms with E-state index in [1.165, 1.54) is 4.90 Å². The Morgan fingerprint density at radius 3 is 2.30 bits per heavy atom. The molecule has 1 atom stereocenters. The molecule has 1 fully saturated rings. The number of likely N-dealkylation sites (tertiary alicyclic amines) is 1. The van der Waals surface area contributed by atoms with Crippen molar-refractivity contribution < 1.29 is 19.8 Å². The quantitative estimate of drug-likeness (QED) is 0.815. The largest absolute Gasteiger partial charge is 0.481 e. The van der Waals surface area contributed by atoms with Crippen LogP contribution in [-0.2, 0) is 4.79 Å². The van der Waals surface area contributed by atoms with Gasteiger partial charge in [-0.2, -0.15) is 0 Å². The standard InChI is InChI=1S/C14H26N2O4/c1-10(2)14(11(17)18)6-7-16(9-14)12(19)15(5)8-13(3,4)20/h10,20H,6-9H2,1-5H3,(H,17,18). The van der Waals surface area contributed by atoms with Crippen molar-refractivity contribution in [2.24, 2.45) is 11.3 Å². The summed E-state index contributed by atoms with van der Waals surface area (Å²) in [5.41, 5.74) is -1.82. The third-order valence-electron chi connectivity index (χ3n) is 4.05. The number of nitrogens with zero attached hydrogens (tertiary/aromatic N) is 2. The molecule has 2 N–H and O–H groups in total. The average Bonchev–Trinajstić information content (AvgIpc) is 2.71. The maximum atomic E-state index is 12.3. The summed E-state index contributed by atoms with van der Waals surface area (Å²) in [6, 6.07) is -0.226. The Kier molecular flexibility index (Phi) is 4.69. The van der Waals surface area contributed by atoms with Gasteiger partial charge in [-0.3, -0.25) is 4.79 Å². The molecule has 0 spiro atoms. The van der Waals surface area contributed by atoms with Crippen molar-refractivity contribution in [2.75, 3.05) is 26.7 Å². The summed E-state index contributed by atoms with van der Waals surface area (Å²) < 4.78 is 0. The minimum atomic E-state index is -0.966. The van der Waals surface area contributed by atoms with Crippen LogP contribution in [0, 0.1) is 11.3 Å². The summed E-state index contributed by atoms with van der Waals surface area (Å²) in [6.45, 7) is 7.91. The predicted molar refractivity (Wildman–Crippen MR) is 75.4 cm³/mol. The molecule has 116 valence electrons. The molecule has 0 radical (unpaired) electrons. The lowest BCUT2D eigenvalue weighted by Gasteiger charge is -2.32. The van der Waals surface area contributed by atoms with E-state index in [1.807, 2.05) is 13.8 Å². The number of carbonyl (C=O) groups excluding carboxylic acids is 1. The van der Waals surface area contributed by atoms with Gasteiger partial charge < -0.3 is 20.0 Å². The van der Waals surface area contributed by atoms with Gasteiger partial charge in [-0.1, -0.05) is 13.8 Å². The lowest BCUT2D eigenvalue weighted by Crippen LogP contribution is -2.47. The molecule has 0 aromatic carbocycles. The molecule has 1 aliphatic heterocycles. The lowest BCUT2D eigenvalue weighted by atomic mass is 9.76. The summed E-state index contributed by atoms with van der Waals surface area (Å²) in [5, 5.41) is 19.2. The van der Waals surface area contributed by atoms with E-state index < -0.39 is 17.0 Å². The van der Waals surface area contributed by atoms with E-state index in [9.17, 15) is 19.8 Å². The highest BCUT2D eigenvalue weighted by atomic mass is 16.4. The third kappa shape index (κ3) is 3.42. The minimum absolute atomic E-state index is 0.0302. The van der Waals surface area contributed by atoms with E-state index >= 15 is 0 Å². The summed E-state index contributed by atoms with van der Waals surface area (Å²) >= 11 is 0. The van der Waals surface area contributed by atoms with E-state index in [-0.39, 0.29) is 25.0 Å². The molecule has 1 aliphatic rings. The molecule has 1 heterocycles. The normalized spacial score (nSPS) is 23.2. The molecule has 20 heavy (non-hydrogen) atoms. The Balaban J connectivity index is 2.77. The number of aliphatic carboxylic acids is 1. The van der Waals surface area contributed by atoms with Crippen LogP contribution in [0.5, 0.6) is 0 Å². The van der Waals surface area contributed by atoms with Gasteiger partial charge in [0.15, 0.2) is 0 Å². The zero-order valence-electron chi connectivity index (χ0n) is 13.0. The first-order valence-corrected chi connectivity index (χ1v) is 6.95. The van der Waals surface area contributed by atoms with Gasteiger partial charge in [0.25, 0.3) is 0 Å². The van der Waals surface area contributed by atoms with Gasteiger partial charge in [-0.15, -0.1) is 0 Å². The summed E-state index contributed by atoms with van der Waals surface area (Å²) in [5.74, 6) is -0.870. The van der Waals surface area contributed by atoms with Crippen LogP contribution in [-0.4, -0.2) is 64.3 Å². The van der Waals surface area contributed by atoms with Crippen LogP contribution in [0.3, 0.4) is 0 Å². The van der Waals surface area contributed by atoms with Crippen LogP contribution < -0.4 is 0 Å². The van der Waals surface area contributed by atoms with E-state index in [4.69, 9.17) is 0 Å². The second kappa shape index (κ2) is 5.60. The van der Waals surface area contributed by atoms with Crippen LogP contribution in [0.25, 0.3) is 0 Å². The number of carboxylic acids is 1. The maximum absolute atomic E-state index is 12.3. The molecule has 0 aromatic heterocycles. The first-order chi connectivity index (χ1) is 8.99. The fourth-order valence-corrected chi connectivity index (χ4v) is 2.78. The molecule has 0 aliphatic carbocycles. The summed E-state index contributed by atoms with van der Waals surface area (Å²) in [7, 11) is 1.62. The molecule has 1 unspecified atom stereocenters. The summed E-state index contributed by atoms with van der Waals surface area (Å²) in [6.07, 6.45) is 0.474. The van der Waals surface area contributed by atoms with Crippen molar-refractivity contribution in [3.63, 3.8) is 0 Å². The maximum Gasteiger partial charge on any atom is 0.319 e. The van der Waals surface area contributed by atoms with Gasteiger partial charge in [0.2, 0.25) is 0 Å². The Morgan fingerprint density at radius 2 is 1.95 bits per heavy atom. The number of urea groups is 1. The minimum Gasteiger partial charge on any atom is -0.481 e. The van der Waals surface area contributed by atoms with Crippen LogP contribution in [0.15, 0.2) is 0 Å². The SMILES string of the molecule is CC(C)C1(C(=O)O)CCN(C(=O)N(C)CC(C)(C)O)C1. The molecular formula is C14H26N2O4. The number of carbonyl (C=O) groups is 2. The van der Waals surface area contributed by atoms with Gasteiger partial charge in [0, 0.05) is 20.1 Å². The van der Waals surface area contributed by atoms with Crippen LogP contribution in [0.1, 0.15) is 34.1 Å². The molecule has 6 heteroatoms. The second-order valence-corrected chi connectivity index (χ2v) is 6.74. The number of hydrogen-bond acceptors (Lipinski definition) is 3. The highest BCUT2D eigenvalue weighted by molar-refractivity contribution is 5.80. The fourth-order valence-electron chi connectivity index (χ4n) is 2.78. The number of hydrogen-bond donors (Lipinski definition) is 2. The van der Waals surface area contributed by atoms with E-state index in [0.717, 1.165) is 0 Å². The Hall–Kier alpha value is -1.30. The van der Waals surface area contributed by atoms with Crippen molar-refractivity contribution in [1.82, 2.24) is 9.80 Å². The first-order valence-electron chi connectivity index (χ1n) is 6.95. The second-order valence-electron chi connectivity index (χ2n) is 6.74. The molecule has 0 aromatic rings. The van der Waals surface area contributed by atoms with Gasteiger partial charge in [0.1, 0.15) is 0 Å². The molecule has 0 bridgehead atoms. The van der Waals surface area contributed by atoms with Gasteiger partial charge >= 0.3 is 12.0 Å². The zero-order valence-corrected chi connectivity index (χ0v) is 13.0. The first kappa shape index (κ1) is 16.8. The monoisotopic (exact) mass is 286 g/mol. The van der Waals surface area contributed by atoms with E-state index in [1.54, 1.807) is 25.8 Å². The molecule has 0 saturated carbocycles. The van der Waals surface area contributed by atoms with Crippen molar-refractivity contribution in [3.05, 3.63) is 0 Å². The molecule has 6 nitrogen and oxygen atoms in total. The Bertz CT molecular complexity index is 389. The lowest BCUT2D eigenvalue weighted by molar-refractivity contribution is -0.150. The smallest absolute Gasteiger partial charge is 0.319 e. The number of carboxylic acid groups (broad SMARTS) is 1. The van der Waals surface area contributed by atoms with Gasteiger partial charge in [-0.05, 0) is 26.2 Å². The van der Waals surface area contributed by atoms with Crippen LogP contribution in [0.4, 0.5) is 4.79 Å². The number of aliphatic hydroxyl groups is 1. The number of amides is 2. The van der Waals surface area contributed by atoms with Crippen LogP contribution >= 0.6 is 0 Å². The highest BCUT2D eigenvalue weighted by Gasteiger charge is 2.49.